The lowest BCUT2D eigenvalue weighted by molar-refractivity contribution is -0.136. The number of likely N-dealkylation sites (N-methyl/N-ethyl adjacent to an activating group) is 1. The standard InChI is InChI=1S/C35H45FN8O4/c1-3-24-4-6-25(7-5-24)39-32(45)35(13-14-35)33(46)44(37)30-9-8-27(22-29(30)36)48-28-10-15-38-31(23-28)40-34(47)43-16-11-26(12-17-43)42-20-18-41(2)19-21-42/h4-6,8-10,15,22-23,25-26H,3,7,11-14,16-21,37H2,1-2H3,(H,39,45)(H,38,40,47). The average Bonchev–Trinajstić information content (AvgIpc) is 3.91. The number of halogens is 1. The smallest absolute Gasteiger partial charge is 0.323 e. The van der Waals surface area contributed by atoms with Crippen LogP contribution in [0.15, 0.2) is 60.3 Å². The van der Waals surface area contributed by atoms with Crippen LogP contribution < -0.4 is 26.2 Å². The van der Waals surface area contributed by atoms with E-state index < -0.39 is 23.0 Å². The Morgan fingerprint density at radius 2 is 1.79 bits per heavy atom. The van der Waals surface area contributed by atoms with Crippen molar-refractivity contribution in [1.82, 2.24) is 25.0 Å². The van der Waals surface area contributed by atoms with Gasteiger partial charge in [-0.15, -0.1) is 0 Å². The number of nitrogens with zero attached hydrogens (tertiary/aromatic N) is 5. The molecule has 1 atom stereocenters. The van der Waals surface area contributed by atoms with Crippen LogP contribution in [0, 0.1) is 11.2 Å². The second-order valence-electron chi connectivity index (χ2n) is 13.1. The molecule has 3 heterocycles. The van der Waals surface area contributed by atoms with Crippen LogP contribution in [0.5, 0.6) is 11.5 Å². The van der Waals surface area contributed by atoms with Gasteiger partial charge in [-0.05, 0) is 63.8 Å². The molecule has 0 bridgehead atoms. The van der Waals surface area contributed by atoms with Crippen LogP contribution in [0.4, 0.5) is 20.7 Å². The number of hydrogen-bond donors (Lipinski definition) is 3. The molecular weight excluding hydrogens is 615 g/mol. The minimum absolute atomic E-state index is 0.161. The van der Waals surface area contributed by atoms with Gasteiger partial charge in [-0.2, -0.15) is 0 Å². The van der Waals surface area contributed by atoms with Crippen LogP contribution in [0.2, 0.25) is 0 Å². The van der Waals surface area contributed by atoms with Crippen LogP contribution >= 0.6 is 0 Å². The number of hydrogen-bond acceptors (Lipinski definition) is 8. The molecule has 2 aliphatic heterocycles. The van der Waals surface area contributed by atoms with Crippen LogP contribution in [-0.2, 0) is 9.59 Å². The SMILES string of the molecule is CCC1=CCC(NC(=O)C2(C(=O)N(N)c3ccc(Oc4ccnc(NC(=O)N5CCC(N6CCN(C)CC6)CC5)c4)cc3F)CC2)C=C1. The summed E-state index contributed by atoms with van der Waals surface area (Å²) in [5, 5.41) is 6.49. The number of benzene rings is 1. The van der Waals surface area contributed by atoms with E-state index in [1.807, 2.05) is 12.2 Å². The number of urea groups is 1. The molecule has 1 unspecified atom stereocenters. The molecule has 12 nitrogen and oxygen atoms in total. The van der Waals surface area contributed by atoms with Crippen LogP contribution in [0.1, 0.15) is 45.4 Å². The van der Waals surface area contributed by atoms with E-state index in [1.54, 1.807) is 17.0 Å². The van der Waals surface area contributed by atoms with Gasteiger partial charge in [-0.3, -0.25) is 19.8 Å². The number of aromatic nitrogens is 1. The van der Waals surface area contributed by atoms with Gasteiger partial charge in [0.05, 0.1) is 11.7 Å². The first-order valence-corrected chi connectivity index (χ1v) is 16.8. The van der Waals surface area contributed by atoms with Crippen LogP contribution in [0.3, 0.4) is 0 Å². The van der Waals surface area contributed by atoms with Crippen molar-refractivity contribution in [2.45, 2.75) is 57.5 Å². The number of carbonyl (C=O) groups excluding carboxylic acids is 3. The number of piperidine rings is 1. The number of ether oxygens (including phenoxy) is 1. The van der Waals surface area contributed by atoms with E-state index in [2.05, 4.69) is 45.5 Å². The van der Waals surface area contributed by atoms with Gasteiger partial charge < -0.3 is 19.9 Å². The third-order valence-corrected chi connectivity index (χ3v) is 9.90. The van der Waals surface area contributed by atoms with Gasteiger partial charge in [0.25, 0.3) is 5.91 Å². The number of pyridine rings is 1. The fraction of sp³-hybridized carbons (Fsp3) is 0.486. The summed E-state index contributed by atoms with van der Waals surface area (Å²) < 4.78 is 21.1. The molecule has 3 fully saturated rings. The highest BCUT2D eigenvalue weighted by atomic mass is 19.1. The highest BCUT2D eigenvalue weighted by Crippen LogP contribution is 2.48. The molecule has 2 aromatic rings. The third kappa shape index (κ3) is 7.53. The molecule has 13 heteroatoms. The number of piperazine rings is 1. The first-order chi connectivity index (χ1) is 23.1. The summed E-state index contributed by atoms with van der Waals surface area (Å²) in [4.78, 5) is 50.4. The molecule has 256 valence electrons. The fourth-order valence-electron chi connectivity index (χ4n) is 6.58. The summed E-state index contributed by atoms with van der Waals surface area (Å²) in [5.41, 5.74) is -0.275. The molecule has 4 N–H and O–H groups in total. The Morgan fingerprint density at radius 3 is 2.44 bits per heavy atom. The zero-order chi connectivity index (χ0) is 33.8. The lowest BCUT2D eigenvalue weighted by atomic mass is 9.99. The summed E-state index contributed by atoms with van der Waals surface area (Å²) >= 11 is 0. The fourth-order valence-corrected chi connectivity index (χ4v) is 6.58. The zero-order valence-electron chi connectivity index (χ0n) is 27.7. The Hall–Kier alpha value is -4.33. The van der Waals surface area contributed by atoms with E-state index in [-0.39, 0.29) is 23.5 Å². The maximum atomic E-state index is 15.3. The molecule has 6 rings (SSSR count). The van der Waals surface area contributed by atoms with E-state index in [1.165, 1.54) is 23.9 Å². The second-order valence-corrected chi connectivity index (χ2v) is 13.1. The van der Waals surface area contributed by atoms with Crippen LogP contribution in [0.25, 0.3) is 0 Å². The molecule has 2 saturated heterocycles. The van der Waals surface area contributed by atoms with Crippen LogP contribution in [-0.4, -0.2) is 95.9 Å². The van der Waals surface area contributed by atoms with Gasteiger partial charge in [0, 0.05) is 63.6 Å². The van der Waals surface area contributed by atoms with Gasteiger partial charge in [-0.1, -0.05) is 30.7 Å². The largest absolute Gasteiger partial charge is 0.457 e. The number of amides is 4. The maximum Gasteiger partial charge on any atom is 0.323 e. The number of anilines is 2. The van der Waals surface area contributed by atoms with E-state index in [0.29, 0.717) is 55.0 Å². The normalized spacial score (nSPS) is 21.3. The van der Waals surface area contributed by atoms with Crippen molar-refractivity contribution in [3.63, 3.8) is 0 Å². The van der Waals surface area contributed by atoms with E-state index in [4.69, 9.17) is 10.6 Å². The Balaban J connectivity index is 1.01. The Kier molecular flexibility index (Phi) is 10.1. The number of carbonyl (C=O) groups is 3. The van der Waals surface area contributed by atoms with Gasteiger partial charge in [0.2, 0.25) is 5.91 Å². The van der Waals surface area contributed by atoms with Gasteiger partial charge in [0.15, 0.2) is 5.82 Å². The number of nitrogens with two attached hydrogens (primary N) is 1. The molecule has 1 aromatic heterocycles. The van der Waals surface area contributed by atoms with E-state index >= 15 is 4.39 Å². The molecule has 1 aromatic carbocycles. The maximum absolute atomic E-state index is 15.3. The monoisotopic (exact) mass is 660 g/mol. The number of rotatable bonds is 9. The number of allylic oxidation sites excluding steroid dienone is 2. The molecule has 1 saturated carbocycles. The minimum atomic E-state index is -1.31. The van der Waals surface area contributed by atoms with Crippen molar-refractivity contribution in [2.75, 3.05) is 56.6 Å². The third-order valence-electron chi connectivity index (χ3n) is 9.90. The first kappa shape index (κ1) is 33.6. The van der Waals surface area contributed by atoms with Gasteiger partial charge >= 0.3 is 6.03 Å². The van der Waals surface area contributed by atoms with Crippen molar-refractivity contribution in [3.8, 4) is 11.5 Å². The predicted molar refractivity (Wildman–Crippen MR) is 181 cm³/mol. The number of nitrogens with one attached hydrogen (secondary N) is 2. The van der Waals surface area contributed by atoms with E-state index in [9.17, 15) is 14.4 Å². The zero-order valence-corrected chi connectivity index (χ0v) is 27.7. The predicted octanol–water partition coefficient (Wildman–Crippen LogP) is 4.02. The summed E-state index contributed by atoms with van der Waals surface area (Å²) in [5.74, 6) is 5.07. The van der Waals surface area contributed by atoms with Crippen molar-refractivity contribution in [2.24, 2.45) is 11.3 Å². The summed E-state index contributed by atoms with van der Waals surface area (Å²) in [7, 11) is 2.15. The number of likely N-dealkylation sites (tertiary alicyclic amines) is 1. The van der Waals surface area contributed by atoms with Crippen molar-refractivity contribution >= 4 is 29.4 Å². The van der Waals surface area contributed by atoms with E-state index in [0.717, 1.165) is 51.5 Å². The summed E-state index contributed by atoms with van der Waals surface area (Å²) in [6, 6.07) is 7.18. The Bertz CT molecular complexity index is 1580. The second kappa shape index (κ2) is 14.4. The topological polar surface area (TPSA) is 136 Å². The van der Waals surface area contributed by atoms with Crippen molar-refractivity contribution < 1.29 is 23.5 Å². The molecule has 4 amide bonds. The van der Waals surface area contributed by atoms with Gasteiger partial charge in [-0.25, -0.2) is 25.0 Å². The summed E-state index contributed by atoms with van der Waals surface area (Å²) in [6.07, 6.45) is 11.6. The number of hydrazine groups is 1. The summed E-state index contributed by atoms with van der Waals surface area (Å²) in [6.45, 7) is 7.69. The lowest BCUT2D eigenvalue weighted by Crippen LogP contribution is -2.53. The highest BCUT2D eigenvalue weighted by Gasteiger charge is 2.58. The average molecular weight is 661 g/mol. The molecule has 0 radical (unpaired) electrons. The minimum Gasteiger partial charge on any atom is -0.457 e. The highest BCUT2D eigenvalue weighted by molar-refractivity contribution is 6.13. The van der Waals surface area contributed by atoms with Crippen molar-refractivity contribution in [3.05, 3.63) is 66.1 Å². The molecule has 4 aliphatic rings. The van der Waals surface area contributed by atoms with Crippen molar-refractivity contribution in [1.29, 1.82) is 0 Å². The molecule has 2 aliphatic carbocycles. The molecular formula is C35H45FN8O4. The Morgan fingerprint density at radius 1 is 1.06 bits per heavy atom. The molecule has 0 spiro atoms. The quantitative estimate of drug-likeness (QED) is 0.159. The molecule has 48 heavy (non-hydrogen) atoms. The lowest BCUT2D eigenvalue weighted by Gasteiger charge is -2.42. The first-order valence-electron chi connectivity index (χ1n) is 16.8. The Labute approximate surface area is 280 Å². The van der Waals surface area contributed by atoms with Gasteiger partial charge in [0.1, 0.15) is 22.7 Å².